The molecule has 5 heteroatoms. The van der Waals surface area contributed by atoms with Gasteiger partial charge in [-0.3, -0.25) is 9.59 Å². The fraction of sp³-hybridized carbons (Fsp3) is 0.818. The summed E-state index contributed by atoms with van der Waals surface area (Å²) in [5.74, 6) is -1.01. The van der Waals surface area contributed by atoms with Crippen LogP contribution in [-0.2, 0) is 9.59 Å². The second kappa shape index (κ2) is 8.10. The number of rotatable bonds is 8. The van der Waals surface area contributed by atoms with E-state index in [2.05, 4.69) is 0 Å². The second-order valence-corrected chi connectivity index (χ2v) is 3.94. The van der Waals surface area contributed by atoms with Gasteiger partial charge in [0, 0.05) is 19.5 Å². The number of aliphatic hydroxyl groups excluding tert-OH is 1. The summed E-state index contributed by atoms with van der Waals surface area (Å²) in [5.41, 5.74) is 0. The van der Waals surface area contributed by atoms with Crippen molar-refractivity contribution >= 4 is 11.9 Å². The molecule has 2 N–H and O–H groups in total. The van der Waals surface area contributed by atoms with Crippen LogP contribution in [0.25, 0.3) is 0 Å². The number of hydrogen-bond donors (Lipinski definition) is 2. The molecule has 0 aromatic heterocycles. The topological polar surface area (TPSA) is 77.8 Å². The minimum absolute atomic E-state index is 0.0788. The van der Waals surface area contributed by atoms with Crippen molar-refractivity contribution in [3.63, 3.8) is 0 Å². The Morgan fingerprint density at radius 3 is 2.38 bits per heavy atom. The smallest absolute Gasteiger partial charge is 0.305 e. The molecule has 5 nitrogen and oxygen atoms in total. The minimum atomic E-state index is -0.932. The lowest BCUT2D eigenvalue weighted by atomic mass is 10.2. The average Bonchev–Trinajstić information content (AvgIpc) is 2.19. The van der Waals surface area contributed by atoms with Gasteiger partial charge in [0.15, 0.2) is 0 Å². The third-order valence-corrected chi connectivity index (χ3v) is 2.18. The standard InChI is InChI=1S/C11H21NO4/c1-3-4-5-10(14)12(8-9(2)13)7-6-11(15)16/h9,13H,3-8H2,1-2H3,(H,15,16). The van der Waals surface area contributed by atoms with E-state index in [1.807, 2.05) is 6.92 Å². The molecule has 0 radical (unpaired) electrons. The van der Waals surface area contributed by atoms with Crippen molar-refractivity contribution in [2.45, 2.75) is 45.6 Å². The molecule has 0 aromatic carbocycles. The Hall–Kier alpha value is -1.10. The van der Waals surface area contributed by atoms with Crippen molar-refractivity contribution in [2.75, 3.05) is 13.1 Å². The van der Waals surface area contributed by atoms with Gasteiger partial charge in [0.05, 0.1) is 12.5 Å². The quantitative estimate of drug-likeness (QED) is 0.649. The van der Waals surface area contributed by atoms with Gasteiger partial charge in [-0.05, 0) is 13.3 Å². The highest BCUT2D eigenvalue weighted by Gasteiger charge is 2.15. The Balaban J connectivity index is 4.17. The number of carboxylic acids is 1. The first-order valence-electron chi connectivity index (χ1n) is 5.65. The molecule has 0 saturated carbocycles. The van der Waals surface area contributed by atoms with E-state index in [-0.39, 0.29) is 25.4 Å². The van der Waals surface area contributed by atoms with Crippen LogP contribution in [-0.4, -0.2) is 46.2 Å². The zero-order chi connectivity index (χ0) is 12.6. The van der Waals surface area contributed by atoms with Crippen LogP contribution in [0.1, 0.15) is 39.5 Å². The molecule has 0 aliphatic rings. The van der Waals surface area contributed by atoms with Crippen LogP contribution in [0.3, 0.4) is 0 Å². The summed E-state index contributed by atoms with van der Waals surface area (Å²) in [7, 11) is 0. The number of unbranched alkanes of at least 4 members (excludes halogenated alkanes) is 1. The summed E-state index contributed by atoms with van der Waals surface area (Å²) in [6.07, 6.45) is 1.43. The highest BCUT2D eigenvalue weighted by molar-refractivity contribution is 5.77. The fourth-order valence-corrected chi connectivity index (χ4v) is 1.35. The number of aliphatic hydroxyl groups is 1. The largest absolute Gasteiger partial charge is 0.481 e. The Labute approximate surface area is 96.1 Å². The molecule has 1 atom stereocenters. The van der Waals surface area contributed by atoms with Gasteiger partial charge in [0.2, 0.25) is 5.91 Å². The molecule has 0 aliphatic carbocycles. The lowest BCUT2D eigenvalue weighted by Crippen LogP contribution is -2.37. The molecule has 0 spiro atoms. The molecular weight excluding hydrogens is 210 g/mol. The van der Waals surface area contributed by atoms with E-state index in [1.54, 1.807) is 6.92 Å². The van der Waals surface area contributed by atoms with Crippen LogP contribution >= 0.6 is 0 Å². The van der Waals surface area contributed by atoms with Crippen LogP contribution < -0.4 is 0 Å². The maximum absolute atomic E-state index is 11.7. The lowest BCUT2D eigenvalue weighted by Gasteiger charge is -2.23. The molecule has 0 heterocycles. The van der Waals surface area contributed by atoms with E-state index in [0.717, 1.165) is 12.8 Å². The normalized spacial score (nSPS) is 12.2. The van der Waals surface area contributed by atoms with Gasteiger partial charge in [-0.2, -0.15) is 0 Å². The predicted molar refractivity (Wildman–Crippen MR) is 60.0 cm³/mol. The minimum Gasteiger partial charge on any atom is -0.481 e. The van der Waals surface area contributed by atoms with Crippen LogP contribution in [0.15, 0.2) is 0 Å². The Bertz CT molecular complexity index is 228. The van der Waals surface area contributed by atoms with E-state index in [1.165, 1.54) is 4.90 Å². The number of carbonyl (C=O) groups is 2. The highest BCUT2D eigenvalue weighted by atomic mass is 16.4. The molecule has 0 fully saturated rings. The first-order chi connectivity index (χ1) is 7.47. The van der Waals surface area contributed by atoms with Gasteiger partial charge in [-0.1, -0.05) is 13.3 Å². The van der Waals surface area contributed by atoms with Crippen molar-refractivity contribution in [3.8, 4) is 0 Å². The first kappa shape index (κ1) is 14.9. The number of carbonyl (C=O) groups excluding carboxylic acids is 1. The molecule has 0 saturated heterocycles. The summed E-state index contributed by atoms with van der Waals surface area (Å²) < 4.78 is 0. The summed E-state index contributed by atoms with van der Waals surface area (Å²) in [6.45, 7) is 3.95. The van der Waals surface area contributed by atoms with E-state index in [9.17, 15) is 14.7 Å². The van der Waals surface area contributed by atoms with E-state index in [0.29, 0.717) is 6.42 Å². The highest BCUT2D eigenvalue weighted by Crippen LogP contribution is 2.03. The maximum atomic E-state index is 11.7. The summed E-state index contributed by atoms with van der Waals surface area (Å²) >= 11 is 0. The van der Waals surface area contributed by atoms with Crippen LogP contribution in [0.4, 0.5) is 0 Å². The Morgan fingerprint density at radius 1 is 1.31 bits per heavy atom. The van der Waals surface area contributed by atoms with Crippen molar-refractivity contribution in [3.05, 3.63) is 0 Å². The number of carboxylic acid groups (broad SMARTS) is 1. The maximum Gasteiger partial charge on any atom is 0.305 e. The van der Waals surface area contributed by atoms with E-state index >= 15 is 0 Å². The Morgan fingerprint density at radius 2 is 1.94 bits per heavy atom. The SMILES string of the molecule is CCCCC(=O)N(CCC(=O)O)CC(C)O. The third-order valence-electron chi connectivity index (χ3n) is 2.18. The average molecular weight is 231 g/mol. The van der Waals surface area contributed by atoms with Crippen molar-refractivity contribution in [1.82, 2.24) is 4.90 Å². The van der Waals surface area contributed by atoms with Gasteiger partial charge in [-0.15, -0.1) is 0 Å². The van der Waals surface area contributed by atoms with Gasteiger partial charge in [0.1, 0.15) is 0 Å². The first-order valence-corrected chi connectivity index (χ1v) is 5.65. The summed E-state index contributed by atoms with van der Waals surface area (Å²) in [6, 6.07) is 0. The Kier molecular flexibility index (Phi) is 7.54. The molecule has 0 aromatic rings. The zero-order valence-electron chi connectivity index (χ0n) is 9.98. The van der Waals surface area contributed by atoms with Crippen LogP contribution in [0, 0.1) is 0 Å². The summed E-state index contributed by atoms with van der Waals surface area (Å²) in [4.78, 5) is 23.5. The van der Waals surface area contributed by atoms with Gasteiger partial charge in [-0.25, -0.2) is 0 Å². The summed E-state index contributed by atoms with van der Waals surface area (Å²) in [5, 5.41) is 17.8. The van der Waals surface area contributed by atoms with Crippen LogP contribution in [0.5, 0.6) is 0 Å². The molecule has 0 aliphatic heterocycles. The number of aliphatic carboxylic acids is 1. The number of nitrogens with zero attached hydrogens (tertiary/aromatic N) is 1. The van der Waals surface area contributed by atoms with Crippen molar-refractivity contribution in [2.24, 2.45) is 0 Å². The predicted octanol–water partition coefficient (Wildman–Crippen LogP) is 0.861. The molecule has 0 rings (SSSR count). The zero-order valence-corrected chi connectivity index (χ0v) is 9.98. The second-order valence-electron chi connectivity index (χ2n) is 3.94. The lowest BCUT2D eigenvalue weighted by molar-refractivity contribution is -0.139. The molecule has 1 unspecified atom stereocenters. The van der Waals surface area contributed by atoms with Gasteiger partial charge < -0.3 is 15.1 Å². The molecule has 0 bridgehead atoms. The molecular formula is C11H21NO4. The number of hydrogen-bond acceptors (Lipinski definition) is 3. The van der Waals surface area contributed by atoms with E-state index in [4.69, 9.17) is 5.11 Å². The monoisotopic (exact) mass is 231 g/mol. The molecule has 1 amide bonds. The molecule has 94 valence electrons. The van der Waals surface area contributed by atoms with Gasteiger partial charge in [0.25, 0.3) is 0 Å². The van der Waals surface area contributed by atoms with Crippen molar-refractivity contribution in [1.29, 1.82) is 0 Å². The third kappa shape index (κ3) is 7.23. The van der Waals surface area contributed by atoms with Crippen LogP contribution in [0.2, 0.25) is 0 Å². The molecule has 16 heavy (non-hydrogen) atoms. The van der Waals surface area contributed by atoms with Crippen molar-refractivity contribution < 1.29 is 19.8 Å². The van der Waals surface area contributed by atoms with E-state index < -0.39 is 12.1 Å². The number of amides is 1. The fourth-order valence-electron chi connectivity index (χ4n) is 1.35. The van der Waals surface area contributed by atoms with Gasteiger partial charge >= 0.3 is 5.97 Å².